The van der Waals surface area contributed by atoms with Crippen LogP contribution < -0.4 is 0 Å². The molecular formula is C22H20N2. The van der Waals surface area contributed by atoms with Crippen LogP contribution in [0.25, 0.3) is 0 Å². The molecule has 0 saturated heterocycles. The van der Waals surface area contributed by atoms with E-state index < -0.39 is 5.41 Å². The van der Waals surface area contributed by atoms with Gasteiger partial charge in [0.1, 0.15) is 5.41 Å². The Kier molecular flexibility index (Phi) is 2.70. The van der Waals surface area contributed by atoms with Gasteiger partial charge in [-0.1, -0.05) is 42.0 Å². The largest absolute Gasteiger partial charge is 0.197 e. The van der Waals surface area contributed by atoms with Gasteiger partial charge < -0.3 is 0 Å². The maximum absolute atomic E-state index is 9.93. The van der Waals surface area contributed by atoms with Crippen molar-refractivity contribution >= 4 is 0 Å². The Morgan fingerprint density at radius 2 is 1.62 bits per heavy atom. The van der Waals surface area contributed by atoms with Crippen molar-refractivity contribution in [3.8, 4) is 12.1 Å². The molecule has 1 spiro atoms. The van der Waals surface area contributed by atoms with Gasteiger partial charge in [-0.2, -0.15) is 10.5 Å². The Labute approximate surface area is 143 Å². The quantitative estimate of drug-likeness (QED) is 0.663. The average molecular weight is 312 g/mol. The smallest absolute Gasteiger partial charge is 0.106 e. The lowest BCUT2D eigenvalue weighted by atomic mass is 9.79. The fraction of sp³-hybridized carbons (Fsp3) is 0.455. The molecule has 0 heterocycles. The molecule has 1 aromatic carbocycles. The molecule has 118 valence electrons. The Hall–Kier alpha value is -2.32. The highest BCUT2D eigenvalue weighted by Gasteiger charge is 2.84. The molecule has 2 nitrogen and oxygen atoms in total. The second-order valence-corrected chi connectivity index (χ2v) is 7.87. The fourth-order valence-corrected chi connectivity index (χ4v) is 5.98. The summed E-state index contributed by atoms with van der Waals surface area (Å²) in [5.41, 5.74) is 4.56. The first-order valence-corrected chi connectivity index (χ1v) is 9.08. The van der Waals surface area contributed by atoms with Crippen LogP contribution in [0, 0.1) is 45.3 Å². The first kappa shape index (κ1) is 14.1. The van der Waals surface area contributed by atoms with Gasteiger partial charge in [0, 0.05) is 22.8 Å². The summed E-state index contributed by atoms with van der Waals surface area (Å²) in [6, 6.07) is 14.0. The Bertz CT molecular complexity index is 861. The van der Waals surface area contributed by atoms with E-state index >= 15 is 0 Å². The topological polar surface area (TPSA) is 47.6 Å². The highest BCUT2D eigenvalue weighted by atomic mass is 14.8. The van der Waals surface area contributed by atoms with E-state index in [0.717, 1.165) is 44.1 Å². The summed E-state index contributed by atoms with van der Waals surface area (Å²) in [7, 11) is 0. The van der Waals surface area contributed by atoms with Crippen molar-refractivity contribution < 1.29 is 0 Å². The van der Waals surface area contributed by atoms with Gasteiger partial charge in [0.15, 0.2) is 0 Å². The highest BCUT2D eigenvalue weighted by Crippen LogP contribution is 2.85. The maximum Gasteiger partial charge on any atom is 0.106 e. The lowest BCUT2D eigenvalue weighted by Gasteiger charge is -2.23. The number of benzene rings is 1. The van der Waals surface area contributed by atoms with E-state index in [2.05, 4.69) is 48.6 Å². The highest BCUT2D eigenvalue weighted by molar-refractivity contribution is 5.63. The zero-order valence-electron chi connectivity index (χ0n) is 13.8. The zero-order valence-corrected chi connectivity index (χ0v) is 13.8. The van der Waals surface area contributed by atoms with Gasteiger partial charge in [0.2, 0.25) is 0 Å². The van der Waals surface area contributed by atoms with Crippen LogP contribution in [0.3, 0.4) is 0 Å². The normalized spacial score (nSPS) is 38.6. The van der Waals surface area contributed by atoms with Gasteiger partial charge in [0.05, 0.1) is 12.1 Å². The first-order valence-electron chi connectivity index (χ1n) is 9.08. The summed E-state index contributed by atoms with van der Waals surface area (Å²) in [6.45, 7) is 0. The summed E-state index contributed by atoms with van der Waals surface area (Å²) >= 11 is 0. The second kappa shape index (κ2) is 4.61. The number of nitriles is 2. The Morgan fingerprint density at radius 1 is 0.917 bits per heavy atom. The molecule has 4 atom stereocenters. The minimum Gasteiger partial charge on any atom is -0.197 e. The van der Waals surface area contributed by atoms with Crippen molar-refractivity contribution in [3.05, 3.63) is 58.7 Å². The lowest BCUT2D eigenvalue weighted by Crippen LogP contribution is -2.18. The van der Waals surface area contributed by atoms with Crippen LogP contribution >= 0.6 is 0 Å². The second-order valence-electron chi connectivity index (χ2n) is 7.87. The molecule has 5 aliphatic carbocycles. The van der Waals surface area contributed by atoms with E-state index in [1.165, 1.54) is 16.7 Å². The summed E-state index contributed by atoms with van der Waals surface area (Å²) in [4.78, 5) is 0. The molecule has 4 unspecified atom stereocenters. The van der Waals surface area contributed by atoms with Crippen molar-refractivity contribution in [3.63, 3.8) is 0 Å². The predicted octanol–water partition coefficient (Wildman–Crippen LogP) is 4.49. The van der Waals surface area contributed by atoms with E-state index in [0.29, 0.717) is 11.8 Å². The third-order valence-electron chi connectivity index (χ3n) is 7.07. The SMILES string of the molecule is N#CC1=CC2C3=CC4C1(C#N)C24CCCc1ccc(cc1)CCC3. The molecule has 1 aromatic rings. The fourth-order valence-electron chi connectivity index (χ4n) is 5.98. The van der Waals surface area contributed by atoms with Crippen molar-refractivity contribution in [2.75, 3.05) is 0 Å². The minimum atomic E-state index is -0.501. The molecule has 0 aromatic heterocycles. The maximum atomic E-state index is 9.93. The molecule has 0 radical (unpaired) electrons. The van der Waals surface area contributed by atoms with E-state index in [-0.39, 0.29) is 5.41 Å². The summed E-state index contributed by atoms with van der Waals surface area (Å²) in [6.07, 6.45) is 11.1. The number of nitrogens with zero attached hydrogens (tertiary/aromatic N) is 2. The number of hydrogen-bond acceptors (Lipinski definition) is 2. The standard InChI is InChI=1S/C22H20N2/c23-13-18-12-19-17-5-1-3-15-6-8-16(9-7-15)4-2-10-21(19)20(11-17)22(18,21)14-24/h6-9,11-12,19-20H,1-5,10H2. The van der Waals surface area contributed by atoms with Crippen LogP contribution in [-0.4, -0.2) is 0 Å². The van der Waals surface area contributed by atoms with Gasteiger partial charge in [-0.3, -0.25) is 0 Å². The molecule has 6 rings (SSSR count). The predicted molar refractivity (Wildman–Crippen MR) is 91.6 cm³/mol. The third-order valence-corrected chi connectivity index (χ3v) is 7.07. The third kappa shape index (κ3) is 1.46. The molecule has 5 aliphatic rings. The van der Waals surface area contributed by atoms with Crippen LogP contribution in [0.5, 0.6) is 0 Å². The monoisotopic (exact) mass is 312 g/mol. The number of hydrogen-bond donors (Lipinski definition) is 0. The summed E-state index contributed by atoms with van der Waals surface area (Å²) in [5.74, 6) is 0.629. The van der Waals surface area contributed by atoms with E-state index in [4.69, 9.17) is 0 Å². The summed E-state index contributed by atoms with van der Waals surface area (Å²) in [5, 5.41) is 19.5. The molecule has 0 N–H and O–H groups in total. The van der Waals surface area contributed by atoms with Crippen molar-refractivity contribution in [1.82, 2.24) is 0 Å². The van der Waals surface area contributed by atoms with Crippen LogP contribution in [-0.2, 0) is 12.8 Å². The van der Waals surface area contributed by atoms with E-state index in [1.54, 1.807) is 0 Å². The van der Waals surface area contributed by atoms with Gasteiger partial charge >= 0.3 is 0 Å². The van der Waals surface area contributed by atoms with Crippen LogP contribution in [0.15, 0.2) is 47.6 Å². The molecule has 0 amide bonds. The molecule has 1 fully saturated rings. The van der Waals surface area contributed by atoms with Crippen molar-refractivity contribution in [2.45, 2.75) is 38.5 Å². The summed E-state index contributed by atoms with van der Waals surface area (Å²) < 4.78 is 0. The molecule has 0 aliphatic heterocycles. The van der Waals surface area contributed by atoms with Crippen LogP contribution in [0.1, 0.15) is 36.8 Å². The van der Waals surface area contributed by atoms with Gasteiger partial charge in [-0.15, -0.1) is 0 Å². The first-order chi connectivity index (χ1) is 11.8. The van der Waals surface area contributed by atoms with Crippen LogP contribution in [0.4, 0.5) is 0 Å². The molecule has 2 heteroatoms. The molecule has 24 heavy (non-hydrogen) atoms. The number of rotatable bonds is 0. The van der Waals surface area contributed by atoms with Crippen molar-refractivity contribution in [1.29, 1.82) is 10.5 Å². The Balaban J connectivity index is 1.54. The minimum absolute atomic E-state index is 0.00926. The van der Waals surface area contributed by atoms with E-state index in [9.17, 15) is 10.5 Å². The zero-order chi connectivity index (χ0) is 16.4. The van der Waals surface area contributed by atoms with Crippen molar-refractivity contribution in [2.24, 2.45) is 22.7 Å². The lowest BCUT2D eigenvalue weighted by molar-refractivity contribution is 0.343. The number of fused-ring (bicyclic) bond motifs is 7. The van der Waals surface area contributed by atoms with Gasteiger partial charge in [0.25, 0.3) is 0 Å². The molecular weight excluding hydrogens is 292 g/mol. The molecule has 1 saturated carbocycles. The Morgan fingerprint density at radius 3 is 2.29 bits per heavy atom. The average Bonchev–Trinajstić information content (AvgIpc) is 2.92. The molecule has 4 bridgehead atoms. The van der Waals surface area contributed by atoms with Gasteiger partial charge in [-0.05, 0) is 49.7 Å². The number of aryl methyl sites for hydroxylation is 2. The number of allylic oxidation sites excluding steroid dienone is 4. The van der Waals surface area contributed by atoms with Crippen LogP contribution in [0.2, 0.25) is 0 Å². The van der Waals surface area contributed by atoms with E-state index in [1.807, 2.05) is 0 Å². The van der Waals surface area contributed by atoms with Gasteiger partial charge in [-0.25, -0.2) is 0 Å².